The van der Waals surface area contributed by atoms with Gasteiger partial charge in [-0.25, -0.2) is 4.39 Å². The van der Waals surface area contributed by atoms with Crippen LogP contribution in [0.4, 0.5) is 4.39 Å². The van der Waals surface area contributed by atoms with E-state index in [4.69, 9.17) is 0 Å². The molecule has 0 heterocycles. The van der Waals surface area contributed by atoms with E-state index in [9.17, 15) is 9.18 Å². The SMILES string of the molecule is O=C(/C=C/c1cccc2ccccc12)c1ccc(F)cc1. The summed E-state index contributed by atoms with van der Waals surface area (Å²) < 4.78 is 12.8. The Labute approximate surface area is 122 Å². The van der Waals surface area contributed by atoms with Crippen LogP contribution in [0.25, 0.3) is 16.8 Å². The highest BCUT2D eigenvalue weighted by atomic mass is 19.1. The largest absolute Gasteiger partial charge is 0.289 e. The van der Waals surface area contributed by atoms with Crippen molar-refractivity contribution in [2.75, 3.05) is 0 Å². The first-order chi connectivity index (χ1) is 10.2. The molecule has 0 fully saturated rings. The predicted octanol–water partition coefficient (Wildman–Crippen LogP) is 4.88. The van der Waals surface area contributed by atoms with Gasteiger partial charge in [0, 0.05) is 5.56 Å². The van der Waals surface area contributed by atoms with Crippen molar-refractivity contribution in [3.05, 3.63) is 89.8 Å². The van der Waals surface area contributed by atoms with Gasteiger partial charge in [0.1, 0.15) is 5.82 Å². The molecule has 102 valence electrons. The van der Waals surface area contributed by atoms with Gasteiger partial charge in [-0.15, -0.1) is 0 Å². The number of allylic oxidation sites excluding steroid dienone is 1. The highest BCUT2D eigenvalue weighted by molar-refractivity contribution is 6.07. The summed E-state index contributed by atoms with van der Waals surface area (Å²) in [5.74, 6) is -0.479. The highest BCUT2D eigenvalue weighted by Gasteiger charge is 2.02. The molecule has 0 N–H and O–H groups in total. The molecule has 0 unspecified atom stereocenters. The van der Waals surface area contributed by atoms with Crippen molar-refractivity contribution >= 4 is 22.6 Å². The summed E-state index contributed by atoms with van der Waals surface area (Å²) in [7, 11) is 0. The number of carbonyl (C=O) groups excluding carboxylic acids is 1. The van der Waals surface area contributed by atoms with E-state index in [1.807, 2.05) is 42.5 Å². The summed E-state index contributed by atoms with van der Waals surface area (Å²) in [6.07, 6.45) is 3.32. The maximum atomic E-state index is 12.8. The normalized spacial score (nSPS) is 11.1. The van der Waals surface area contributed by atoms with E-state index in [2.05, 4.69) is 0 Å². The van der Waals surface area contributed by atoms with Gasteiger partial charge in [0.2, 0.25) is 0 Å². The predicted molar refractivity (Wildman–Crippen MR) is 83.7 cm³/mol. The van der Waals surface area contributed by atoms with Crippen LogP contribution in [0.1, 0.15) is 15.9 Å². The molecule has 3 rings (SSSR count). The summed E-state index contributed by atoms with van der Waals surface area (Å²) in [6, 6.07) is 19.6. The van der Waals surface area contributed by atoms with Crippen LogP contribution in [-0.2, 0) is 0 Å². The van der Waals surface area contributed by atoms with Crippen molar-refractivity contribution in [2.45, 2.75) is 0 Å². The number of halogens is 1. The van der Waals surface area contributed by atoms with Gasteiger partial charge in [0.25, 0.3) is 0 Å². The first kappa shape index (κ1) is 13.3. The van der Waals surface area contributed by atoms with Crippen LogP contribution in [0.5, 0.6) is 0 Å². The van der Waals surface area contributed by atoms with E-state index in [0.717, 1.165) is 16.3 Å². The minimum Gasteiger partial charge on any atom is -0.289 e. The van der Waals surface area contributed by atoms with Crippen molar-refractivity contribution in [3.63, 3.8) is 0 Å². The molecule has 0 bridgehead atoms. The Balaban J connectivity index is 1.91. The van der Waals surface area contributed by atoms with E-state index in [0.29, 0.717) is 5.56 Å². The van der Waals surface area contributed by atoms with Crippen LogP contribution in [0, 0.1) is 5.82 Å². The summed E-state index contributed by atoms with van der Waals surface area (Å²) >= 11 is 0. The summed E-state index contributed by atoms with van der Waals surface area (Å²) in [5, 5.41) is 2.23. The van der Waals surface area contributed by atoms with E-state index in [1.54, 1.807) is 6.08 Å². The fourth-order valence-electron chi connectivity index (χ4n) is 2.27. The zero-order valence-electron chi connectivity index (χ0n) is 11.3. The van der Waals surface area contributed by atoms with Gasteiger partial charge < -0.3 is 0 Å². The molecule has 0 amide bonds. The van der Waals surface area contributed by atoms with Crippen LogP contribution in [0.2, 0.25) is 0 Å². The molecular formula is C19H13FO. The Morgan fingerprint density at radius 2 is 1.57 bits per heavy atom. The molecule has 0 aliphatic carbocycles. The lowest BCUT2D eigenvalue weighted by molar-refractivity contribution is 0.104. The van der Waals surface area contributed by atoms with Crippen LogP contribution in [0.15, 0.2) is 72.8 Å². The van der Waals surface area contributed by atoms with Crippen LogP contribution in [0.3, 0.4) is 0 Å². The van der Waals surface area contributed by atoms with Crippen LogP contribution >= 0.6 is 0 Å². The smallest absolute Gasteiger partial charge is 0.185 e. The molecule has 0 atom stereocenters. The lowest BCUT2D eigenvalue weighted by atomic mass is 10.0. The van der Waals surface area contributed by atoms with Crippen LogP contribution < -0.4 is 0 Å². The molecule has 0 radical (unpaired) electrons. The van der Waals surface area contributed by atoms with E-state index >= 15 is 0 Å². The van der Waals surface area contributed by atoms with Crippen LogP contribution in [-0.4, -0.2) is 5.78 Å². The fraction of sp³-hybridized carbons (Fsp3) is 0. The number of fused-ring (bicyclic) bond motifs is 1. The first-order valence-electron chi connectivity index (χ1n) is 6.70. The van der Waals surface area contributed by atoms with Gasteiger partial charge in [-0.3, -0.25) is 4.79 Å². The molecule has 2 heteroatoms. The lowest BCUT2D eigenvalue weighted by Gasteiger charge is -2.01. The van der Waals surface area contributed by atoms with Crippen molar-refractivity contribution < 1.29 is 9.18 Å². The molecule has 3 aromatic carbocycles. The Hall–Kier alpha value is -2.74. The highest BCUT2D eigenvalue weighted by Crippen LogP contribution is 2.19. The number of rotatable bonds is 3. The maximum Gasteiger partial charge on any atom is 0.185 e. The molecule has 0 spiro atoms. The third-order valence-corrected chi connectivity index (χ3v) is 3.37. The molecule has 21 heavy (non-hydrogen) atoms. The quantitative estimate of drug-likeness (QED) is 0.492. The third kappa shape index (κ3) is 2.90. The lowest BCUT2D eigenvalue weighted by Crippen LogP contribution is -1.93. The molecule has 1 nitrogen and oxygen atoms in total. The summed E-state index contributed by atoms with van der Waals surface area (Å²) in [5.41, 5.74) is 1.47. The van der Waals surface area contributed by atoms with Gasteiger partial charge in [-0.2, -0.15) is 0 Å². The number of ketones is 1. The molecule has 3 aromatic rings. The molecule has 0 saturated heterocycles. The van der Waals surface area contributed by atoms with Gasteiger partial charge >= 0.3 is 0 Å². The fourth-order valence-corrected chi connectivity index (χ4v) is 2.27. The Morgan fingerprint density at radius 1 is 0.857 bits per heavy atom. The standard InChI is InChI=1S/C19H13FO/c20-17-11-8-16(9-12-17)19(21)13-10-15-6-3-5-14-4-1-2-7-18(14)15/h1-13H/b13-10+. The average molecular weight is 276 g/mol. The third-order valence-electron chi connectivity index (χ3n) is 3.37. The van der Waals surface area contributed by atoms with E-state index < -0.39 is 0 Å². The number of hydrogen-bond acceptors (Lipinski definition) is 1. The number of hydrogen-bond donors (Lipinski definition) is 0. The van der Waals surface area contributed by atoms with Gasteiger partial charge in [-0.1, -0.05) is 48.5 Å². The van der Waals surface area contributed by atoms with E-state index in [-0.39, 0.29) is 11.6 Å². The zero-order chi connectivity index (χ0) is 14.7. The van der Waals surface area contributed by atoms with Crippen molar-refractivity contribution in [1.29, 1.82) is 0 Å². The second kappa shape index (κ2) is 5.71. The average Bonchev–Trinajstić information content (AvgIpc) is 2.53. The molecular weight excluding hydrogens is 263 g/mol. The monoisotopic (exact) mass is 276 g/mol. The molecule has 0 aliphatic heterocycles. The number of benzene rings is 3. The second-order valence-electron chi connectivity index (χ2n) is 4.77. The molecule has 0 aromatic heterocycles. The Morgan fingerprint density at radius 3 is 2.38 bits per heavy atom. The second-order valence-corrected chi connectivity index (χ2v) is 4.77. The summed E-state index contributed by atoms with van der Waals surface area (Å²) in [4.78, 5) is 12.1. The zero-order valence-corrected chi connectivity index (χ0v) is 11.3. The minimum absolute atomic E-state index is 0.136. The van der Waals surface area contributed by atoms with Crippen molar-refractivity contribution in [2.24, 2.45) is 0 Å². The Bertz CT molecular complexity index is 811. The van der Waals surface area contributed by atoms with E-state index in [1.165, 1.54) is 30.3 Å². The topological polar surface area (TPSA) is 17.1 Å². The van der Waals surface area contributed by atoms with Gasteiger partial charge in [0.05, 0.1) is 0 Å². The van der Waals surface area contributed by atoms with Crippen molar-refractivity contribution in [1.82, 2.24) is 0 Å². The molecule has 0 saturated carbocycles. The van der Waals surface area contributed by atoms with Gasteiger partial charge in [-0.05, 0) is 46.7 Å². The summed E-state index contributed by atoms with van der Waals surface area (Å²) in [6.45, 7) is 0. The first-order valence-corrected chi connectivity index (χ1v) is 6.70. The minimum atomic E-state index is -0.343. The maximum absolute atomic E-state index is 12.8. The number of carbonyl (C=O) groups is 1. The molecule has 0 aliphatic rings. The Kier molecular flexibility index (Phi) is 3.61. The van der Waals surface area contributed by atoms with Gasteiger partial charge in [0.15, 0.2) is 5.78 Å². The van der Waals surface area contributed by atoms with Crippen molar-refractivity contribution in [3.8, 4) is 0 Å².